The van der Waals surface area contributed by atoms with Gasteiger partial charge in [-0.05, 0) is 47.5 Å². The molecule has 5 rings (SSSR count). The largest absolute Gasteiger partial charge is 0.468 e. The molecule has 4 aromatic rings. The number of hydrogen-bond acceptors (Lipinski definition) is 6. The van der Waals surface area contributed by atoms with Crippen LogP contribution in [-0.4, -0.2) is 53.2 Å². The first-order valence-electron chi connectivity index (χ1n) is 12.3. The van der Waals surface area contributed by atoms with Gasteiger partial charge in [0.2, 0.25) is 5.52 Å². The van der Waals surface area contributed by atoms with E-state index in [1.165, 1.54) is 42.0 Å². The maximum Gasteiger partial charge on any atom is 0.324 e. The Hall–Kier alpha value is -4.62. The van der Waals surface area contributed by atoms with Gasteiger partial charge < -0.3 is 19.0 Å². The number of aryl methyl sites for hydroxylation is 1. The number of carbonyl (C=O) groups is 1. The van der Waals surface area contributed by atoms with E-state index in [-0.39, 0.29) is 17.9 Å². The van der Waals surface area contributed by atoms with E-state index in [2.05, 4.69) is 9.83 Å². The fourth-order valence-corrected chi connectivity index (χ4v) is 5.14. The Labute approximate surface area is 223 Å². The molecule has 1 unspecified atom stereocenters. The Morgan fingerprint density at radius 3 is 2.21 bits per heavy atom. The SMILES string of the molecule is [C-]#[N+]c1ccc2c(n1)c(N1CCN(C(c3ccc(F)cc3)c3ccc(F)cc3)C(C(=O)OC)C1)cc(=O)n2C. The molecule has 0 radical (unpaired) electrons. The van der Waals surface area contributed by atoms with Gasteiger partial charge in [0.15, 0.2) is 0 Å². The van der Waals surface area contributed by atoms with Gasteiger partial charge in [0.1, 0.15) is 17.7 Å². The van der Waals surface area contributed by atoms with E-state index < -0.39 is 29.7 Å². The molecular formula is C29H25F2N5O3. The number of aromatic nitrogens is 2. The fraction of sp³-hybridized carbons (Fsp3) is 0.241. The van der Waals surface area contributed by atoms with Gasteiger partial charge in [-0.2, -0.15) is 0 Å². The Bertz CT molecular complexity index is 1590. The minimum absolute atomic E-state index is 0.164. The van der Waals surface area contributed by atoms with Crippen molar-refractivity contribution in [1.82, 2.24) is 14.5 Å². The van der Waals surface area contributed by atoms with Gasteiger partial charge in [0.05, 0.1) is 24.4 Å². The van der Waals surface area contributed by atoms with Crippen molar-refractivity contribution in [3.8, 4) is 0 Å². The summed E-state index contributed by atoms with van der Waals surface area (Å²) in [5, 5.41) is 0. The molecular weight excluding hydrogens is 504 g/mol. The van der Waals surface area contributed by atoms with Crippen LogP contribution in [0.3, 0.4) is 0 Å². The number of fused-ring (bicyclic) bond motifs is 1. The third-order valence-electron chi connectivity index (χ3n) is 7.11. The molecule has 2 aromatic heterocycles. The van der Waals surface area contributed by atoms with Crippen molar-refractivity contribution in [2.45, 2.75) is 12.1 Å². The number of piperazine rings is 1. The van der Waals surface area contributed by atoms with Crippen molar-refractivity contribution in [3.63, 3.8) is 0 Å². The molecule has 0 amide bonds. The maximum absolute atomic E-state index is 13.8. The molecule has 1 aliphatic heterocycles. The van der Waals surface area contributed by atoms with Gasteiger partial charge in [0.25, 0.3) is 11.4 Å². The van der Waals surface area contributed by atoms with Crippen molar-refractivity contribution < 1.29 is 18.3 Å². The van der Waals surface area contributed by atoms with Crippen LogP contribution in [0.2, 0.25) is 0 Å². The van der Waals surface area contributed by atoms with Gasteiger partial charge in [-0.3, -0.25) is 14.5 Å². The molecule has 1 fully saturated rings. The number of hydrogen-bond donors (Lipinski definition) is 0. The summed E-state index contributed by atoms with van der Waals surface area (Å²) in [7, 11) is 2.94. The lowest BCUT2D eigenvalue weighted by Gasteiger charge is -2.44. The Balaban J connectivity index is 1.59. The molecule has 3 heterocycles. The summed E-state index contributed by atoms with van der Waals surface area (Å²) < 4.78 is 34.2. The third kappa shape index (κ3) is 4.96. The highest BCUT2D eigenvalue weighted by atomic mass is 19.1. The quantitative estimate of drug-likeness (QED) is 0.285. The topological polar surface area (TPSA) is 72.0 Å². The van der Waals surface area contributed by atoms with Crippen LogP contribution in [0, 0.1) is 18.2 Å². The van der Waals surface area contributed by atoms with E-state index in [1.54, 1.807) is 43.4 Å². The predicted molar refractivity (Wildman–Crippen MR) is 143 cm³/mol. The van der Waals surface area contributed by atoms with Crippen LogP contribution < -0.4 is 10.5 Å². The van der Waals surface area contributed by atoms with E-state index in [1.807, 2.05) is 9.80 Å². The lowest BCUT2D eigenvalue weighted by Crippen LogP contribution is -2.58. The molecule has 0 saturated carbocycles. The summed E-state index contributed by atoms with van der Waals surface area (Å²) in [6, 6.07) is 15.4. The zero-order valence-electron chi connectivity index (χ0n) is 21.3. The van der Waals surface area contributed by atoms with Crippen LogP contribution in [-0.2, 0) is 16.6 Å². The smallest absolute Gasteiger partial charge is 0.324 e. The number of esters is 1. The highest BCUT2D eigenvalue weighted by Gasteiger charge is 2.39. The van der Waals surface area contributed by atoms with Gasteiger partial charge in [-0.1, -0.05) is 30.8 Å². The summed E-state index contributed by atoms with van der Waals surface area (Å²) in [6.07, 6.45) is 0. The molecule has 2 aromatic carbocycles. The number of rotatable bonds is 5. The summed E-state index contributed by atoms with van der Waals surface area (Å²) in [5.41, 5.74) is 2.78. The van der Waals surface area contributed by atoms with E-state index in [4.69, 9.17) is 11.3 Å². The highest BCUT2D eigenvalue weighted by Crippen LogP contribution is 2.35. The lowest BCUT2D eigenvalue weighted by atomic mass is 9.94. The van der Waals surface area contributed by atoms with Crippen molar-refractivity contribution in [3.05, 3.63) is 111 Å². The molecule has 0 bridgehead atoms. The van der Waals surface area contributed by atoms with Crippen LogP contribution in [0.25, 0.3) is 15.9 Å². The van der Waals surface area contributed by atoms with Gasteiger partial charge >= 0.3 is 5.97 Å². The molecule has 10 heteroatoms. The molecule has 39 heavy (non-hydrogen) atoms. The molecule has 1 atom stereocenters. The van der Waals surface area contributed by atoms with E-state index >= 15 is 0 Å². The van der Waals surface area contributed by atoms with Gasteiger partial charge in [-0.25, -0.2) is 8.78 Å². The van der Waals surface area contributed by atoms with E-state index in [0.717, 1.165) is 11.1 Å². The average molecular weight is 530 g/mol. The Morgan fingerprint density at radius 2 is 1.64 bits per heavy atom. The van der Waals surface area contributed by atoms with Crippen molar-refractivity contribution in [2.24, 2.45) is 7.05 Å². The molecule has 1 saturated heterocycles. The number of nitrogens with zero attached hydrogens (tertiary/aromatic N) is 5. The fourth-order valence-electron chi connectivity index (χ4n) is 5.14. The third-order valence-corrected chi connectivity index (χ3v) is 7.11. The zero-order valence-corrected chi connectivity index (χ0v) is 21.3. The first kappa shape index (κ1) is 26.0. The normalized spacial score (nSPS) is 15.9. The van der Waals surface area contributed by atoms with Crippen LogP contribution in [0.1, 0.15) is 17.2 Å². The minimum Gasteiger partial charge on any atom is -0.468 e. The number of halogens is 2. The molecule has 0 spiro atoms. The second kappa shape index (κ2) is 10.6. The van der Waals surface area contributed by atoms with Crippen molar-refractivity contribution in [2.75, 3.05) is 31.6 Å². The van der Waals surface area contributed by atoms with Crippen molar-refractivity contribution >= 4 is 28.5 Å². The number of ether oxygens (including phenoxy) is 1. The summed E-state index contributed by atoms with van der Waals surface area (Å²) in [5.74, 6) is -1.08. The number of methoxy groups -OCH3 is 1. The van der Waals surface area contributed by atoms with Crippen LogP contribution in [0.15, 0.2) is 71.5 Å². The molecule has 198 valence electrons. The first-order chi connectivity index (χ1) is 18.8. The van der Waals surface area contributed by atoms with Crippen LogP contribution in [0.4, 0.5) is 20.3 Å². The zero-order chi connectivity index (χ0) is 27.7. The second-order valence-electron chi connectivity index (χ2n) is 9.30. The first-order valence-corrected chi connectivity index (χ1v) is 12.3. The van der Waals surface area contributed by atoms with Crippen molar-refractivity contribution in [1.29, 1.82) is 0 Å². The number of carbonyl (C=O) groups excluding carboxylic acids is 1. The maximum atomic E-state index is 13.8. The molecule has 8 nitrogen and oxygen atoms in total. The van der Waals surface area contributed by atoms with Crippen LogP contribution >= 0.6 is 0 Å². The second-order valence-corrected chi connectivity index (χ2v) is 9.30. The minimum atomic E-state index is -0.785. The van der Waals surface area contributed by atoms with Gasteiger partial charge in [0, 0.05) is 32.7 Å². The average Bonchev–Trinajstić information content (AvgIpc) is 2.96. The lowest BCUT2D eigenvalue weighted by molar-refractivity contribution is -0.148. The van der Waals surface area contributed by atoms with Crippen LogP contribution in [0.5, 0.6) is 0 Å². The molecule has 1 aliphatic rings. The monoisotopic (exact) mass is 529 g/mol. The number of benzene rings is 2. The summed E-state index contributed by atoms with van der Waals surface area (Å²) >= 11 is 0. The van der Waals surface area contributed by atoms with Gasteiger partial charge in [-0.15, -0.1) is 4.98 Å². The predicted octanol–water partition coefficient (Wildman–Crippen LogP) is 4.22. The molecule has 0 aliphatic carbocycles. The van der Waals surface area contributed by atoms with E-state index in [0.29, 0.717) is 29.8 Å². The summed E-state index contributed by atoms with van der Waals surface area (Å²) in [4.78, 5) is 37.7. The Morgan fingerprint density at radius 1 is 1.03 bits per heavy atom. The standard InChI is InChI=1S/C29H25F2N5O3/c1-32-25-13-12-22-27(33-25)23(16-26(37)34(22)2)35-14-15-36(24(17-35)29(38)39-3)28(18-4-8-20(30)9-5-18)19-6-10-21(31)11-7-19/h4-13,16,24,28H,14-15,17H2,2-3H3. The highest BCUT2D eigenvalue weighted by molar-refractivity contribution is 5.90. The summed E-state index contributed by atoms with van der Waals surface area (Å²) in [6.45, 7) is 8.31. The Kier molecular flexibility index (Phi) is 7.09. The number of anilines is 1. The molecule has 0 N–H and O–H groups in total. The number of pyridine rings is 2. The van der Waals surface area contributed by atoms with E-state index in [9.17, 15) is 18.4 Å².